The third-order valence-corrected chi connectivity index (χ3v) is 2.83. The molecule has 1 rings (SSSR count). The Balaban J connectivity index is 2.27. The first-order chi connectivity index (χ1) is 9.93. The first-order valence-corrected chi connectivity index (χ1v) is 6.35. The lowest BCUT2D eigenvalue weighted by Gasteiger charge is -2.13. The van der Waals surface area contributed by atoms with Gasteiger partial charge >= 0.3 is 11.9 Å². The lowest BCUT2D eigenvalue weighted by Crippen LogP contribution is -2.25. The molecule has 1 aliphatic rings. The highest BCUT2D eigenvalue weighted by Crippen LogP contribution is 2.11. The molecule has 0 aromatic carbocycles. The standard InChI is InChI=1S/C14H16O7/c1-2-9(14(18)19)4-3-5-13(17)21-7-10-6-11(15)12(16)8-20-10/h2,6,9H,1,3-5,7-8H2,(H,18,19). The number of esters is 1. The molecule has 0 amide bonds. The van der Waals surface area contributed by atoms with E-state index in [-0.39, 0.29) is 25.4 Å². The summed E-state index contributed by atoms with van der Waals surface area (Å²) in [6.45, 7) is 2.84. The molecule has 0 spiro atoms. The number of Topliss-reactive ketones (excluding diaryl/α,β-unsaturated/α-hetero) is 1. The summed E-state index contributed by atoms with van der Waals surface area (Å²) >= 11 is 0. The van der Waals surface area contributed by atoms with Gasteiger partial charge in [0, 0.05) is 12.5 Å². The Kier molecular flexibility index (Phi) is 6.32. The number of ether oxygens (including phenoxy) is 2. The molecular formula is C14H16O7. The molecule has 0 aromatic rings. The zero-order chi connectivity index (χ0) is 15.8. The van der Waals surface area contributed by atoms with Crippen LogP contribution < -0.4 is 0 Å². The Bertz CT molecular complexity index is 490. The van der Waals surface area contributed by atoms with Gasteiger partial charge < -0.3 is 14.6 Å². The number of allylic oxidation sites excluding steroid dienone is 1. The molecule has 0 radical (unpaired) electrons. The van der Waals surface area contributed by atoms with Gasteiger partial charge in [0.05, 0.1) is 5.92 Å². The normalized spacial score (nSPS) is 15.7. The molecule has 1 atom stereocenters. The fourth-order valence-corrected chi connectivity index (χ4v) is 1.61. The van der Waals surface area contributed by atoms with Crippen molar-refractivity contribution in [1.29, 1.82) is 0 Å². The van der Waals surface area contributed by atoms with Gasteiger partial charge in [0.1, 0.15) is 12.4 Å². The monoisotopic (exact) mass is 296 g/mol. The first kappa shape index (κ1) is 16.6. The molecule has 7 heteroatoms. The van der Waals surface area contributed by atoms with Gasteiger partial charge in [-0.2, -0.15) is 0 Å². The second-order valence-corrected chi connectivity index (χ2v) is 4.42. The number of hydrogen-bond acceptors (Lipinski definition) is 6. The van der Waals surface area contributed by atoms with Crippen molar-refractivity contribution in [3.05, 3.63) is 24.5 Å². The fourth-order valence-electron chi connectivity index (χ4n) is 1.61. The van der Waals surface area contributed by atoms with Gasteiger partial charge in [0.15, 0.2) is 6.61 Å². The van der Waals surface area contributed by atoms with Crippen LogP contribution in [0.1, 0.15) is 19.3 Å². The Morgan fingerprint density at radius 1 is 1.48 bits per heavy atom. The smallest absolute Gasteiger partial charge is 0.310 e. The zero-order valence-corrected chi connectivity index (χ0v) is 11.4. The van der Waals surface area contributed by atoms with Crippen molar-refractivity contribution in [1.82, 2.24) is 0 Å². The van der Waals surface area contributed by atoms with Gasteiger partial charge in [-0.1, -0.05) is 6.08 Å². The molecule has 0 fully saturated rings. The van der Waals surface area contributed by atoms with Crippen LogP contribution in [0.25, 0.3) is 0 Å². The molecule has 1 unspecified atom stereocenters. The van der Waals surface area contributed by atoms with E-state index >= 15 is 0 Å². The van der Waals surface area contributed by atoms with E-state index in [2.05, 4.69) is 6.58 Å². The van der Waals surface area contributed by atoms with E-state index in [0.29, 0.717) is 12.8 Å². The molecule has 0 bridgehead atoms. The Labute approximate surface area is 121 Å². The van der Waals surface area contributed by atoms with E-state index in [1.807, 2.05) is 0 Å². The first-order valence-electron chi connectivity index (χ1n) is 6.35. The second kappa shape index (κ2) is 7.98. The summed E-state index contributed by atoms with van der Waals surface area (Å²) in [4.78, 5) is 44.1. The van der Waals surface area contributed by atoms with Crippen molar-refractivity contribution in [2.45, 2.75) is 19.3 Å². The number of carboxylic acids is 1. The van der Waals surface area contributed by atoms with Crippen LogP contribution in [0.15, 0.2) is 24.5 Å². The molecule has 7 nitrogen and oxygen atoms in total. The Morgan fingerprint density at radius 3 is 2.76 bits per heavy atom. The van der Waals surface area contributed by atoms with Crippen LogP contribution in [0.4, 0.5) is 0 Å². The Morgan fingerprint density at radius 2 is 2.19 bits per heavy atom. The van der Waals surface area contributed by atoms with Gasteiger partial charge in [-0.3, -0.25) is 19.2 Å². The highest BCUT2D eigenvalue weighted by atomic mass is 16.6. The SMILES string of the molecule is C=CC(CCCC(=O)OCC1=CC(=O)C(=O)CO1)C(=O)O. The number of carbonyl (C=O) groups excluding carboxylic acids is 3. The summed E-state index contributed by atoms with van der Waals surface area (Å²) in [5.41, 5.74) is 0. The van der Waals surface area contributed by atoms with Crippen molar-refractivity contribution < 1.29 is 33.8 Å². The van der Waals surface area contributed by atoms with Crippen molar-refractivity contribution >= 4 is 23.5 Å². The predicted molar refractivity (Wildman–Crippen MR) is 70.2 cm³/mol. The Hall–Kier alpha value is -2.44. The highest BCUT2D eigenvalue weighted by molar-refractivity contribution is 6.42. The maximum absolute atomic E-state index is 11.4. The van der Waals surface area contributed by atoms with Gasteiger partial charge in [0.25, 0.3) is 0 Å². The number of carboxylic acid groups (broad SMARTS) is 1. The van der Waals surface area contributed by atoms with Crippen LogP contribution in [-0.2, 0) is 28.7 Å². The maximum atomic E-state index is 11.4. The van der Waals surface area contributed by atoms with Crippen LogP contribution in [0, 0.1) is 5.92 Å². The van der Waals surface area contributed by atoms with Crippen LogP contribution >= 0.6 is 0 Å². The molecule has 0 saturated heterocycles. The summed E-state index contributed by atoms with van der Waals surface area (Å²) < 4.78 is 9.80. The molecule has 0 saturated carbocycles. The van der Waals surface area contributed by atoms with E-state index in [4.69, 9.17) is 14.6 Å². The minimum atomic E-state index is -0.984. The average molecular weight is 296 g/mol. The third kappa shape index (κ3) is 5.60. The summed E-state index contributed by atoms with van der Waals surface area (Å²) in [7, 11) is 0. The summed E-state index contributed by atoms with van der Waals surface area (Å²) in [5.74, 6) is -3.40. The molecule has 21 heavy (non-hydrogen) atoms. The van der Waals surface area contributed by atoms with Gasteiger partial charge in [0.2, 0.25) is 11.6 Å². The van der Waals surface area contributed by atoms with E-state index in [9.17, 15) is 19.2 Å². The molecule has 1 N–H and O–H groups in total. The minimum absolute atomic E-state index is 0.0534. The quantitative estimate of drug-likeness (QED) is 0.398. The van der Waals surface area contributed by atoms with Crippen LogP contribution in [0.3, 0.4) is 0 Å². The van der Waals surface area contributed by atoms with Gasteiger partial charge in [-0.25, -0.2) is 0 Å². The number of aliphatic carboxylic acids is 1. The van der Waals surface area contributed by atoms with Crippen molar-refractivity contribution in [2.75, 3.05) is 13.2 Å². The molecule has 1 heterocycles. The van der Waals surface area contributed by atoms with Gasteiger partial charge in [-0.05, 0) is 12.8 Å². The number of rotatable bonds is 8. The molecule has 1 aliphatic heterocycles. The number of hydrogen-bond donors (Lipinski definition) is 1. The summed E-state index contributed by atoms with van der Waals surface area (Å²) in [6, 6.07) is 0. The van der Waals surface area contributed by atoms with Crippen LogP contribution in [-0.4, -0.2) is 41.8 Å². The third-order valence-electron chi connectivity index (χ3n) is 2.83. The molecule has 0 aromatic heterocycles. The van der Waals surface area contributed by atoms with Crippen LogP contribution in [0.2, 0.25) is 0 Å². The predicted octanol–water partition coefficient (Wildman–Crippen LogP) is 0.639. The fraction of sp³-hybridized carbons (Fsp3) is 0.429. The zero-order valence-electron chi connectivity index (χ0n) is 11.4. The minimum Gasteiger partial charge on any atom is -0.486 e. The van der Waals surface area contributed by atoms with Crippen molar-refractivity contribution in [3.63, 3.8) is 0 Å². The average Bonchev–Trinajstić information content (AvgIpc) is 2.44. The number of ketones is 2. The molecule has 0 aliphatic carbocycles. The topological polar surface area (TPSA) is 107 Å². The van der Waals surface area contributed by atoms with Gasteiger partial charge in [-0.15, -0.1) is 6.58 Å². The van der Waals surface area contributed by atoms with Crippen molar-refractivity contribution in [2.24, 2.45) is 5.92 Å². The van der Waals surface area contributed by atoms with E-state index in [0.717, 1.165) is 6.08 Å². The van der Waals surface area contributed by atoms with Crippen molar-refractivity contribution in [3.8, 4) is 0 Å². The van der Waals surface area contributed by atoms with E-state index in [1.165, 1.54) is 6.08 Å². The van der Waals surface area contributed by atoms with E-state index in [1.54, 1.807) is 0 Å². The molecule has 114 valence electrons. The number of carbonyl (C=O) groups is 4. The highest BCUT2D eigenvalue weighted by Gasteiger charge is 2.20. The van der Waals surface area contributed by atoms with Crippen LogP contribution in [0.5, 0.6) is 0 Å². The lowest BCUT2D eigenvalue weighted by atomic mass is 10.0. The lowest BCUT2D eigenvalue weighted by molar-refractivity contribution is -0.145. The second-order valence-electron chi connectivity index (χ2n) is 4.42. The summed E-state index contributed by atoms with van der Waals surface area (Å²) in [6.07, 6.45) is 3.01. The maximum Gasteiger partial charge on any atom is 0.310 e. The van der Waals surface area contributed by atoms with E-state index < -0.39 is 29.4 Å². The largest absolute Gasteiger partial charge is 0.486 e. The summed E-state index contributed by atoms with van der Waals surface area (Å²) in [5, 5.41) is 8.79. The molecular weight excluding hydrogens is 280 g/mol.